The highest BCUT2D eigenvalue weighted by atomic mass is 32.2. The SMILES string of the molecule is CCCNC(C)c1cnc(CSCC)nc1C. The largest absolute Gasteiger partial charge is 0.310 e. The molecular formula is C13H23N3S. The monoisotopic (exact) mass is 253 g/mol. The molecule has 3 nitrogen and oxygen atoms in total. The first-order chi connectivity index (χ1) is 8.19. The van der Waals surface area contributed by atoms with E-state index in [-0.39, 0.29) is 0 Å². The minimum Gasteiger partial charge on any atom is -0.310 e. The van der Waals surface area contributed by atoms with E-state index in [1.54, 1.807) is 0 Å². The van der Waals surface area contributed by atoms with Crippen LogP contribution in [0.25, 0.3) is 0 Å². The Bertz CT molecular complexity index is 341. The fourth-order valence-electron chi connectivity index (χ4n) is 1.68. The van der Waals surface area contributed by atoms with Gasteiger partial charge >= 0.3 is 0 Å². The van der Waals surface area contributed by atoms with Crippen LogP contribution in [0.15, 0.2) is 6.20 Å². The van der Waals surface area contributed by atoms with Gasteiger partial charge in [0.25, 0.3) is 0 Å². The molecule has 0 saturated carbocycles. The second-order valence-electron chi connectivity index (χ2n) is 4.14. The average molecular weight is 253 g/mol. The van der Waals surface area contributed by atoms with Crippen LogP contribution < -0.4 is 5.32 Å². The van der Waals surface area contributed by atoms with Crippen molar-refractivity contribution in [3.05, 3.63) is 23.3 Å². The van der Waals surface area contributed by atoms with Crippen LogP contribution in [-0.4, -0.2) is 22.3 Å². The average Bonchev–Trinajstić information content (AvgIpc) is 2.33. The van der Waals surface area contributed by atoms with Crippen LogP contribution in [0.5, 0.6) is 0 Å². The van der Waals surface area contributed by atoms with Crippen molar-refractivity contribution in [3.63, 3.8) is 0 Å². The fraction of sp³-hybridized carbons (Fsp3) is 0.692. The molecule has 0 radical (unpaired) electrons. The van der Waals surface area contributed by atoms with E-state index in [0.717, 1.165) is 36.0 Å². The normalized spacial score (nSPS) is 12.7. The third-order valence-electron chi connectivity index (χ3n) is 2.67. The number of nitrogens with zero attached hydrogens (tertiary/aromatic N) is 2. The summed E-state index contributed by atoms with van der Waals surface area (Å²) < 4.78 is 0. The van der Waals surface area contributed by atoms with Gasteiger partial charge in [-0.1, -0.05) is 13.8 Å². The maximum absolute atomic E-state index is 4.57. The third kappa shape index (κ3) is 4.64. The van der Waals surface area contributed by atoms with E-state index in [1.807, 2.05) is 18.0 Å². The first-order valence-corrected chi connectivity index (χ1v) is 7.48. The van der Waals surface area contributed by atoms with Crippen molar-refractivity contribution in [2.45, 2.75) is 45.9 Å². The van der Waals surface area contributed by atoms with Crippen LogP contribution in [0.3, 0.4) is 0 Å². The van der Waals surface area contributed by atoms with Crippen LogP contribution in [-0.2, 0) is 5.75 Å². The first kappa shape index (κ1) is 14.5. The Hall–Kier alpha value is -0.610. The van der Waals surface area contributed by atoms with Crippen molar-refractivity contribution >= 4 is 11.8 Å². The Balaban J connectivity index is 2.68. The van der Waals surface area contributed by atoms with Gasteiger partial charge in [0.05, 0.1) is 5.75 Å². The van der Waals surface area contributed by atoms with Crippen molar-refractivity contribution in [3.8, 4) is 0 Å². The van der Waals surface area contributed by atoms with Gasteiger partial charge in [0.1, 0.15) is 5.82 Å². The Labute approximate surface area is 109 Å². The summed E-state index contributed by atoms with van der Waals surface area (Å²) in [6.07, 6.45) is 3.12. The minimum absolute atomic E-state index is 0.336. The molecule has 4 heteroatoms. The highest BCUT2D eigenvalue weighted by Crippen LogP contribution is 2.16. The van der Waals surface area contributed by atoms with Gasteiger partial charge in [-0.2, -0.15) is 11.8 Å². The van der Waals surface area contributed by atoms with Crippen molar-refractivity contribution < 1.29 is 0 Å². The fourth-order valence-corrected chi connectivity index (χ4v) is 2.21. The predicted octanol–water partition coefficient (Wildman–Crippen LogP) is 3.10. The molecule has 17 heavy (non-hydrogen) atoms. The van der Waals surface area contributed by atoms with Crippen molar-refractivity contribution in [1.82, 2.24) is 15.3 Å². The Morgan fingerprint density at radius 2 is 2.18 bits per heavy atom. The molecule has 0 amide bonds. The summed E-state index contributed by atoms with van der Waals surface area (Å²) in [6, 6.07) is 0.336. The lowest BCUT2D eigenvalue weighted by Gasteiger charge is -2.15. The number of thioether (sulfide) groups is 1. The van der Waals surface area contributed by atoms with Gasteiger partial charge in [-0.25, -0.2) is 9.97 Å². The second kappa shape index (κ2) is 7.67. The smallest absolute Gasteiger partial charge is 0.138 e. The molecule has 0 aliphatic carbocycles. The number of hydrogen-bond acceptors (Lipinski definition) is 4. The topological polar surface area (TPSA) is 37.8 Å². The van der Waals surface area contributed by atoms with Gasteiger partial charge in [-0.05, 0) is 32.6 Å². The summed E-state index contributed by atoms with van der Waals surface area (Å²) in [4.78, 5) is 9.00. The van der Waals surface area contributed by atoms with Gasteiger partial charge in [0.15, 0.2) is 0 Å². The highest BCUT2D eigenvalue weighted by Gasteiger charge is 2.09. The molecule has 1 atom stereocenters. The van der Waals surface area contributed by atoms with E-state index >= 15 is 0 Å². The summed E-state index contributed by atoms with van der Waals surface area (Å²) in [7, 11) is 0. The molecule has 0 spiro atoms. The molecule has 0 fully saturated rings. The molecule has 0 bridgehead atoms. The number of nitrogens with one attached hydrogen (secondary N) is 1. The summed E-state index contributed by atoms with van der Waals surface area (Å²) in [5.41, 5.74) is 2.31. The molecule has 1 aromatic heterocycles. The van der Waals surface area contributed by atoms with Gasteiger partial charge in [0.2, 0.25) is 0 Å². The number of hydrogen-bond donors (Lipinski definition) is 1. The molecule has 0 aromatic carbocycles. The summed E-state index contributed by atoms with van der Waals surface area (Å²) in [5, 5.41) is 3.47. The van der Waals surface area contributed by atoms with Crippen LogP contribution in [0, 0.1) is 6.92 Å². The molecule has 1 aromatic rings. The summed E-state index contributed by atoms with van der Waals surface area (Å²) >= 11 is 1.86. The van der Waals surface area contributed by atoms with E-state index < -0.39 is 0 Å². The maximum atomic E-state index is 4.57. The van der Waals surface area contributed by atoms with E-state index in [1.165, 1.54) is 5.56 Å². The Morgan fingerprint density at radius 3 is 2.76 bits per heavy atom. The minimum atomic E-state index is 0.336. The molecular weight excluding hydrogens is 230 g/mol. The molecule has 96 valence electrons. The quantitative estimate of drug-likeness (QED) is 0.810. The van der Waals surface area contributed by atoms with Crippen molar-refractivity contribution in [2.75, 3.05) is 12.3 Å². The Morgan fingerprint density at radius 1 is 1.41 bits per heavy atom. The van der Waals surface area contributed by atoms with Crippen molar-refractivity contribution in [1.29, 1.82) is 0 Å². The molecule has 1 N–H and O–H groups in total. The molecule has 1 unspecified atom stereocenters. The number of aryl methyl sites for hydroxylation is 1. The van der Waals surface area contributed by atoms with Crippen molar-refractivity contribution in [2.24, 2.45) is 0 Å². The maximum Gasteiger partial charge on any atom is 0.138 e. The molecule has 0 aliphatic rings. The molecule has 0 saturated heterocycles. The van der Waals surface area contributed by atoms with E-state index in [0.29, 0.717) is 6.04 Å². The van der Waals surface area contributed by atoms with Crippen LogP contribution in [0.2, 0.25) is 0 Å². The van der Waals surface area contributed by atoms with Gasteiger partial charge in [-0.15, -0.1) is 0 Å². The van der Waals surface area contributed by atoms with E-state index in [4.69, 9.17) is 0 Å². The number of rotatable bonds is 7. The van der Waals surface area contributed by atoms with Gasteiger partial charge < -0.3 is 5.32 Å². The highest BCUT2D eigenvalue weighted by molar-refractivity contribution is 7.98. The summed E-state index contributed by atoms with van der Waals surface area (Å²) in [5.74, 6) is 2.97. The summed E-state index contributed by atoms with van der Waals surface area (Å²) in [6.45, 7) is 9.61. The first-order valence-electron chi connectivity index (χ1n) is 6.32. The lowest BCUT2D eigenvalue weighted by molar-refractivity contribution is 0.563. The second-order valence-corrected chi connectivity index (χ2v) is 5.41. The zero-order chi connectivity index (χ0) is 12.7. The van der Waals surface area contributed by atoms with Gasteiger partial charge in [-0.3, -0.25) is 0 Å². The zero-order valence-electron chi connectivity index (χ0n) is 11.3. The Kier molecular flexibility index (Phi) is 6.52. The van der Waals surface area contributed by atoms with E-state index in [2.05, 4.69) is 43.0 Å². The lowest BCUT2D eigenvalue weighted by atomic mass is 10.1. The number of aromatic nitrogens is 2. The van der Waals surface area contributed by atoms with Crippen LogP contribution in [0.4, 0.5) is 0 Å². The van der Waals surface area contributed by atoms with Crippen LogP contribution >= 0.6 is 11.8 Å². The molecule has 0 aliphatic heterocycles. The third-order valence-corrected chi connectivity index (χ3v) is 3.54. The van der Waals surface area contributed by atoms with Gasteiger partial charge in [0, 0.05) is 23.5 Å². The standard InChI is InChI=1S/C13H23N3S/c1-5-7-14-10(3)12-8-15-13(9-17-6-2)16-11(12)4/h8,10,14H,5-7,9H2,1-4H3. The van der Waals surface area contributed by atoms with Crippen LogP contribution in [0.1, 0.15) is 50.3 Å². The lowest BCUT2D eigenvalue weighted by Crippen LogP contribution is -2.21. The zero-order valence-corrected chi connectivity index (χ0v) is 12.1. The molecule has 1 heterocycles. The predicted molar refractivity (Wildman–Crippen MR) is 75.3 cm³/mol. The van der Waals surface area contributed by atoms with E-state index in [9.17, 15) is 0 Å². The molecule has 1 rings (SSSR count).